The maximum atomic E-state index is 10.7. The van der Waals surface area contributed by atoms with Crippen molar-refractivity contribution in [1.29, 1.82) is 0 Å². The minimum Gasteiger partial charge on any atom is -0.478 e. The first-order valence-corrected chi connectivity index (χ1v) is 5.77. The number of rotatable bonds is 4. The van der Waals surface area contributed by atoms with Crippen LogP contribution in [0.15, 0.2) is 34.7 Å². The van der Waals surface area contributed by atoms with Gasteiger partial charge in [0.25, 0.3) is 0 Å². The predicted octanol–water partition coefficient (Wildman–Crippen LogP) is 3.29. The van der Waals surface area contributed by atoms with Gasteiger partial charge in [0, 0.05) is 10.5 Å². The number of carboxylic acids is 1. The van der Waals surface area contributed by atoms with E-state index in [1.54, 1.807) is 24.8 Å². The van der Waals surface area contributed by atoms with E-state index < -0.39 is 5.97 Å². The van der Waals surface area contributed by atoms with Crippen molar-refractivity contribution in [2.45, 2.75) is 18.7 Å². The van der Waals surface area contributed by atoms with Gasteiger partial charge in [0.2, 0.25) is 0 Å². The summed E-state index contributed by atoms with van der Waals surface area (Å²) >= 11 is 1.72. The lowest BCUT2D eigenvalue weighted by Crippen LogP contribution is -1.95. The maximum Gasteiger partial charge on any atom is 0.331 e. The molecule has 1 N–H and O–H groups in total. The topological polar surface area (TPSA) is 37.3 Å². The Morgan fingerprint density at radius 2 is 2.13 bits per heavy atom. The summed E-state index contributed by atoms with van der Waals surface area (Å²) in [5.74, 6) is 0.114. The number of carboxylic acid groups (broad SMARTS) is 1. The molecule has 1 rings (SSSR count). The molecule has 1 aromatic rings. The van der Waals surface area contributed by atoms with Crippen LogP contribution in [0.3, 0.4) is 0 Å². The van der Waals surface area contributed by atoms with Crippen LogP contribution in [-0.4, -0.2) is 16.8 Å². The minimum atomic E-state index is -0.869. The van der Waals surface area contributed by atoms with Crippen molar-refractivity contribution in [2.24, 2.45) is 0 Å². The van der Waals surface area contributed by atoms with Crippen LogP contribution in [0, 0.1) is 0 Å². The van der Waals surface area contributed by atoms with Gasteiger partial charge < -0.3 is 5.11 Å². The van der Waals surface area contributed by atoms with Gasteiger partial charge in [-0.2, -0.15) is 0 Å². The molecule has 2 nitrogen and oxygen atoms in total. The van der Waals surface area contributed by atoms with Crippen molar-refractivity contribution in [1.82, 2.24) is 0 Å². The number of hydrogen-bond acceptors (Lipinski definition) is 2. The van der Waals surface area contributed by atoms with Gasteiger partial charge in [0.15, 0.2) is 0 Å². The molecule has 0 heterocycles. The van der Waals surface area contributed by atoms with Crippen LogP contribution >= 0.6 is 11.8 Å². The molecule has 3 heteroatoms. The van der Waals surface area contributed by atoms with Gasteiger partial charge in [0.05, 0.1) is 0 Å². The van der Waals surface area contributed by atoms with Gasteiger partial charge in [-0.3, -0.25) is 0 Å². The van der Waals surface area contributed by atoms with Crippen LogP contribution in [0.1, 0.15) is 19.4 Å². The summed E-state index contributed by atoms with van der Waals surface area (Å²) in [5.41, 5.74) is 1.34. The molecule has 0 aromatic heterocycles. The highest BCUT2D eigenvalue weighted by Crippen LogP contribution is 2.24. The zero-order valence-electron chi connectivity index (χ0n) is 8.86. The Morgan fingerprint density at radius 1 is 1.47 bits per heavy atom. The highest BCUT2D eigenvalue weighted by molar-refractivity contribution is 7.99. The number of aliphatic carboxylic acids is 1. The van der Waals surface area contributed by atoms with E-state index in [9.17, 15) is 4.79 Å². The van der Waals surface area contributed by atoms with Crippen molar-refractivity contribution in [3.8, 4) is 0 Å². The number of thioether (sulfide) groups is 1. The van der Waals surface area contributed by atoms with E-state index in [1.807, 2.05) is 24.3 Å². The quantitative estimate of drug-likeness (QED) is 0.627. The Kier molecular flexibility index (Phi) is 4.43. The fraction of sp³-hybridized carbons (Fsp3) is 0.250. The van der Waals surface area contributed by atoms with Crippen molar-refractivity contribution < 1.29 is 9.90 Å². The van der Waals surface area contributed by atoms with E-state index >= 15 is 0 Å². The Labute approximate surface area is 94.0 Å². The van der Waals surface area contributed by atoms with E-state index in [1.165, 1.54) is 0 Å². The summed E-state index contributed by atoms with van der Waals surface area (Å²) in [6.07, 6.45) is 1.71. The van der Waals surface area contributed by atoms with Gasteiger partial charge in [-0.05, 0) is 30.4 Å². The predicted molar refractivity (Wildman–Crippen MR) is 64.1 cm³/mol. The van der Waals surface area contributed by atoms with E-state index in [0.29, 0.717) is 5.57 Å². The third kappa shape index (κ3) is 3.44. The minimum absolute atomic E-state index is 0.360. The first-order chi connectivity index (χ1) is 7.15. The highest BCUT2D eigenvalue weighted by atomic mass is 32.2. The Morgan fingerprint density at radius 3 is 2.73 bits per heavy atom. The first-order valence-electron chi connectivity index (χ1n) is 4.78. The molecule has 0 bridgehead atoms. The van der Waals surface area contributed by atoms with Crippen LogP contribution in [-0.2, 0) is 4.79 Å². The largest absolute Gasteiger partial charge is 0.478 e. The van der Waals surface area contributed by atoms with Crippen molar-refractivity contribution in [3.63, 3.8) is 0 Å². The first kappa shape index (κ1) is 11.9. The normalized spacial score (nSPS) is 11.5. The summed E-state index contributed by atoms with van der Waals surface area (Å²) < 4.78 is 0. The number of carbonyl (C=O) groups is 1. The summed E-state index contributed by atoms with van der Waals surface area (Å²) in [4.78, 5) is 11.8. The summed E-state index contributed by atoms with van der Waals surface area (Å²) in [5, 5.41) is 8.79. The molecule has 0 radical (unpaired) electrons. The zero-order chi connectivity index (χ0) is 11.3. The number of hydrogen-bond donors (Lipinski definition) is 1. The van der Waals surface area contributed by atoms with Gasteiger partial charge in [0.1, 0.15) is 0 Å². The SMILES string of the molecule is CCSc1ccccc1C=C(C)C(=O)O. The molecule has 0 saturated carbocycles. The fourth-order valence-corrected chi connectivity index (χ4v) is 1.96. The second-order valence-electron chi connectivity index (χ2n) is 3.10. The second-order valence-corrected chi connectivity index (χ2v) is 4.41. The molecule has 0 amide bonds. The molecule has 0 saturated heterocycles. The fourth-order valence-electron chi connectivity index (χ4n) is 1.18. The molecular weight excluding hydrogens is 208 g/mol. The molecule has 1 aromatic carbocycles. The van der Waals surface area contributed by atoms with Crippen LogP contribution in [0.25, 0.3) is 6.08 Å². The van der Waals surface area contributed by atoms with E-state index in [-0.39, 0.29) is 0 Å². The molecule has 0 atom stereocenters. The van der Waals surface area contributed by atoms with Crippen LogP contribution in [0.5, 0.6) is 0 Å². The lowest BCUT2D eigenvalue weighted by molar-refractivity contribution is -0.132. The summed E-state index contributed by atoms with van der Waals surface area (Å²) in [6, 6.07) is 7.83. The molecular formula is C12H14O2S. The maximum absolute atomic E-state index is 10.7. The van der Waals surface area contributed by atoms with E-state index in [4.69, 9.17) is 5.11 Å². The van der Waals surface area contributed by atoms with Crippen LogP contribution < -0.4 is 0 Å². The average Bonchev–Trinajstić information content (AvgIpc) is 2.21. The summed E-state index contributed by atoms with van der Waals surface area (Å²) in [7, 11) is 0. The van der Waals surface area contributed by atoms with Gasteiger partial charge in [-0.15, -0.1) is 11.8 Å². The third-order valence-electron chi connectivity index (χ3n) is 1.93. The van der Waals surface area contributed by atoms with E-state index in [0.717, 1.165) is 16.2 Å². The molecule has 0 fully saturated rings. The standard InChI is InChI=1S/C12H14O2S/c1-3-15-11-7-5-4-6-10(11)8-9(2)12(13)14/h4-8H,3H2,1-2H3,(H,13,14). The van der Waals surface area contributed by atoms with Crippen molar-refractivity contribution in [3.05, 3.63) is 35.4 Å². The third-order valence-corrected chi connectivity index (χ3v) is 2.90. The second kappa shape index (κ2) is 5.61. The summed E-state index contributed by atoms with van der Waals surface area (Å²) in [6.45, 7) is 3.69. The molecule has 0 unspecified atom stereocenters. The smallest absolute Gasteiger partial charge is 0.331 e. The van der Waals surface area contributed by atoms with Gasteiger partial charge in [-0.25, -0.2) is 4.79 Å². The monoisotopic (exact) mass is 222 g/mol. The zero-order valence-corrected chi connectivity index (χ0v) is 9.67. The van der Waals surface area contributed by atoms with Crippen molar-refractivity contribution >= 4 is 23.8 Å². The Hall–Kier alpha value is -1.22. The average molecular weight is 222 g/mol. The Bertz CT molecular complexity index is 383. The van der Waals surface area contributed by atoms with Crippen molar-refractivity contribution in [2.75, 3.05) is 5.75 Å². The lowest BCUT2D eigenvalue weighted by Gasteiger charge is -2.04. The van der Waals surface area contributed by atoms with Gasteiger partial charge in [-0.1, -0.05) is 25.1 Å². The molecule has 15 heavy (non-hydrogen) atoms. The number of benzene rings is 1. The lowest BCUT2D eigenvalue weighted by atomic mass is 10.1. The molecule has 0 aliphatic rings. The van der Waals surface area contributed by atoms with Crippen LogP contribution in [0.2, 0.25) is 0 Å². The van der Waals surface area contributed by atoms with Crippen LogP contribution in [0.4, 0.5) is 0 Å². The van der Waals surface area contributed by atoms with E-state index in [2.05, 4.69) is 6.92 Å². The molecule has 0 aliphatic carbocycles. The Balaban J connectivity index is 3.03. The molecule has 0 aliphatic heterocycles. The van der Waals surface area contributed by atoms with Gasteiger partial charge >= 0.3 is 5.97 Å². The highest BCUT2D eigenvalue weighted by Gasteiger charge is 2.03. The molecule has 80 valence electrons. The molecule has 0 spiro atoms.